The maximum Gasteiger partial charge on any atom is 0.325 e. The minimum atomic E-state index is -0.514. The first-order valence-corrected chi connectivity index (χ1v) is 7.66. The lowest BCUT2D eigenvalue weighted by molar-refractivity contribution is -0.143. The van der Waals surface area contributed by atoms with E-state index >= 15 is 0 Å². The summed E-state index contributed by atoms with van der Waals surface area (Å²) < 4.78 is 5.11. The third-order valence-electron chi connectivity index (χ3n) is 3.06. The van der Waals surface area contributed by atoms with Crippen molar-refractivity contribution in [1.29, 1.82) is 0 Å². The number of benzene rings is 2. The highest BCUT2D eigenvalue weighted by atomic mass is 35.5. The second-order valence-electron chi connectivity index (χ2n) is 4.96. The molecule has 4 nitrogen and oxygen atoms in total. The maximum atomic E-state index is 11.9. The van der Waals surface area contributed by atoms with Crippen LogP contribution in [0, 0.1) is 6.92 Å². The third kappa shape index (κ3) is 5.27. The fourth-order valence-electron chi connectivity index (χ4n) is 1.91. The van der Waals surface area contributed by atoms with E-state index < -0.39 is 11.9 Å². The molecule has 0 aliphatic rings. The number of carbonyl (C=O) groups is 2. The van der Waals surface area contributed by atoms with Gasteiger partial charge in [-0.1, -0.05) is 53.0 Å². The Morgan fingerprint density at radius 1 is 1.09 bits per heavy atom. The summed E-state index contributed by atoms with van der Waals surface area (Å²) in [4.78, 5) is 23.6. The number of hydrogen-bond acceptors (Lipinski definition) is 3. The molecular weight excluding hydrogens is 337 g/mol. The fourth-order valence-corrected chi connectivity index (χ4v) is 2.21. The van der Waals surface area contributed by atoms with E-state index in [0.717, 1.165) is 11.1 Å². The Labute approximate surface area is 144 Å². The lowest BCUT2D eigenvalue weighted by Gasteiger charge is -2.07. The van der Waals surface area contributed by atoms with Crippen molar-refractivity contribution in [2.75, 3.05) is 6.54 Å². The number of amides is 1. The van der Waals surface area contributed by atoms with E-state index in [9.17, 15) is 9.59 Å². The summed E-state index contributed by atoms with van der Waals surface area (Å²) in [7, 11) is 0. The summed E-state index contributed by atoms with van der Waals surface area (Å²) in [5.41, 5.74) is 2.31. The number of halogens is 2. The van der Waals surface area contributed by atoms with E-state index in [2.05, 4.69) is 5.32 Å². The number of nitrogens with one attached hydrogen (secondary N) is 1. The van der Waals surface area contributed by atoms with Gasteiger partial charge in [0.15, 0.2) is 0 Å². The molecule has 0 heterocycles. The predicted octanol–water partition coefficient (Wildman–Crippen LogP) is 3.78. The summed E-state index contributed by atoms with van der Waals surface area (Å²) in [6.07, 6.45) is 0. The van der Waals surface area contributed by atoms with Gasteiger partial charge < -0.3 is 10.1 Å². The van der Waals surface area contributed by atoms with Crippen LogP contribution in [0.2, 0.25) is 10.0 Å². The Kier molecular flexibility index (Phi) is 6.02. The second kappa shape index (κ2) is 7.99. The summed E-state index contributed by atoms with van der Waals surface area (Å²) in [6.45, 7) is 1.91. The van der Waals surface area contributed by atoms with Gasteiger partial charge in [0, 0.05) is 5.56 Å². The van der Waals surface area contributed by atoms with Gasteiger partial charge in [-0.05, 0) is 30.7 Å². The van der Waals surface area contributed by atoms with Gasteiger partial charge in [0.1, 0.15) is 13.2 Å². The summed E-state index contributed by atoms with van der Waals surface area (Å²) in [6, 6.07) is 12.2. The number of hydrogen-bond donors (Lipinski definition) is 1. The van der Waals surface area contributed by atoms with Crippen molar-refractivity contribution < 1.29 is 14.3 Å². The summed E-state index contributed by atoms with van der Waals surface area (Å²) >= 11 is 11.6. The zero-order valence-corrected chi connectivity index (χ0v) is 13.9. The van der Waals surface area contributed by atoms with Crippen LogP contribution in [0.25, 0.3) is 0 Å². The monoisotopic (exact) mass is 351 g/mol. The van der Waals surface area contributed by atoms with Crippen molar-refractivity contribution in [3.05, 3.63) is 69.2 Å². The zero-order chi connectivity index (χ0) is 16.8. The highest BCUT2D eigenvalue weighted by Gasteiger charge is 2.10. The lowest BCUT2D eigenvalue weighted by Crippen LogP contribution is -2.30. The quantitative estimate of drug-likeness (QED) is 0.834. The molecule has 0 saturated carbocycles. The number of carbonyl (C=O) groups excluding carboxylic acids is 2. The summed E-state index contributed by atoms with van der Waals surface area (Å²) in [5, 5.41) is 3.12. The Hall–Kier alpha value is -2.04. The van der Waals surface area contributed by atoms with E-state index in [1.807, 2.05) is 31.2 Å². The first kappa shape index (κ1) is 17.3. The van der Waals surface area contributed by atoms with Crippen molar-refractivity contribution in [2.45, 2.75) is 13.5 Å². The van der Waals surface area contributed by atoms with Gasteiger partial charge in [0.05, 0.1) is 10.0 Å². The largest absolute Gasteiger partial charge is 0.460 e. The van der Waals surface area contributed by atoms with Crippen LogP contribution in [0.1, 0.15) is 21.5 Å². The lowest BCUT2D eigenvalue weighted by atomic mass is 10.1. The molecule has 1 N–H and O–H groups in total. The van der Waals surface area contributed by atoms with Crippen LogP contribution in [-0.2, 0) is 16.1 Å². The molecule has 0 unspecified atom stereocenters. The normalized spacial score (nSPS) is 10.2. The van der Waals surface area contributed by atoms with Crippen molar-refractivity contribution in [3.8, 4) is 0 Å². The van der Waals surface area contributed by atoms with Gasteiger partial charge in [0.2, 0.25) is 0 Å². The molecule has 0 fully saturated rings. The Balaban J connectivity index is 1.81. The molecule has 0 aliphatic carbocycles. The van der Waals surface area contributed by atoms with Gasteiger partial charge in [-0.15, -0.1) is 0 Å². The molecule has 2 aromatic rings. The van der Waals surface area contributed by atoms with E-state index in [1.54, 1.807) is 0 Å². The molecule has 1 amide bonds. The van der Waals surface area contributed by atoms with Crippen molar-refractivity contribution in [2.24, 2.45) is 0 Å². The van der Waals surface area contributed by atoms with Crippen LogP contribution < -0.4 is 5.32 Å². The number of rotatable bonds is 5. The molecule has 0 bridgehead atoms. The fraction of sp³-hybridized carbons (Fsp3) is 0.176. The van der Waals surface area contributed by atoms with Crippen molar-refractivity contribution >= 4 is 35.1 Å². The maximum absolute atomic E-state index is 11.9. The Morgan fingerprint density at radius 3 is 2.57 bits per heavy atom. The third-order valence-corrected chi connectivity index (χ3v) is 3.80. The van der Waals surface area contributed by atoms with Crippen LogP contribution >= 0.6 is 23.2 Å². The highest BCUT2D eigenvalue weighted by molar-refractivity contribution is 6.42. The molecule has 0 spiro atoms. The van der Waals surface area contributed by atoms with Gasteiger partial charge in [-0.3, -0.25) is 9.59 Å². The minimum absolute atomic E-state index is 0.170. The van der Waals surface area contributed by atoms with Crippen molar-refractivity contribution in [3.63, 3.8) is 0 Å². The topological polar surface area (TPSA) is 55.4 Å². The van der Waals surface area contributed by atoms with Crippen LogP contribution in [0.15, 0.2) is 42.5 Å². The van der Waals surface area contributed by atoms with Gasteiger partial charge in [-0.25, -0.2) is 0 Å². The Morgan fingerprint density at radius 2 is 1.87 bits per heavy atom. The number of esters is 1. The average molecular weight is 352 g/mol. The van der Waals surface area contributed by atoms with E-state index in [0.29, 0.717) is 10.6 Å². The minimum Gasteiger partial charge on any atom is -0.460 e. The van der Waals surface area contributed by atoms with Crippen LogP contribution in [0.3, 0.4) is 0 Å². The number of aryl methyl sites for hydroxylation is 1. The molecule has 120 valence electrons. The van der Waals surface area contributed by atoms with Crippen LogP contribution in [0.5, 0.6) is 0 Å². The van der Waals surface area contributed by atoms with Crippen LogP contribution in [0.4, 0.5) is 0 Å². The SMILES string of the molecule is Cc1cccc(COC(=O)CNC(=O)c2ccc(Cl)c(Cl)c2)c1. The predicted molar refractivity (Wildman–Crippen MR) is 89.8 cm³/mol. The standard InChI is InChI=1S/C17H15Cl2NO3/c1-11-3-2-4-12(7-11)10-23-16(21)9-20-17(22)13-5-6-14(18)15(19)8-13/h2-8H,9-10H2,1H3,(H,20,22). The van der Waals surface area contributed by atoms with Gasteiger partial charge in [-0.2, -0.15) is 0 Å². The van der Waals surface area contributed by atoms with E-state index in [-0.39, 0.29) is 18.2 Å². The molecule has 0 aliphatic heterocycles. The molecule has 6 heteroatoms. The highest BCUT2D eigenvalue weighted by Crippen LogP contribution is 2.22. The zero-order valence-electron chi connectivity index (χ0n) is 12.4. The van der Waals surface area contributed by atoms with E-state index in [1.165, 1.54) is 18.2 Å². The van der Waals surface area contributed by atoms with Gasteiger partial charge in [0.25, 0.3) is 5.91 Å². The molecule has 0 atom stereocenters. The summed E-state index contributed by atoms with van der Waals surface area (Å²) in [5.74, 6) is -0.934. The molecule has 0 aromatic heterocycles. The molecule has 2 aromatic carbocycles. The van der Waals surface area contributed by atoms with Crippen LogP contribution in [-0.4, -0.2) is 18.4 Å². The molecular formula is C17H15Cl2NO3. The molecule has 23 heavy (non-hydrogen) atoms. The Bertz CT molecular complexity index is 732. The molecule has 0 saturated heterocycles. The molecule has 2 rings (SSSR count). The van der Waals surface area contributed by atoms with E-state index in [4.69, 9.17) is 27.9 Å². The smallest absolute Gasteiger partial charge is 0.325 e. The average Bonchev–Trinajstić information content (AvgIpc) is 2.53. The van der Waals surface area contributed by atoms with Gasteiger partial charge >= 0.3 is 5.97 Å². The first-order chi connectivity index (χ1) is 11.0. The first-order valence-electron chi connectivity index (χ1n) is 6.90. The number of ether oxygens (including phenoxy) is 1. The second-order valence-corrected chi connectivity index (χ2v) is 5.78. The molecule has 0 radical (unpaired) electrons. The van der Waals surface area contributed by atoms with Crippen molar-refractivity contribution in [1.82, 2.24) is 5.32 Å².